The number of carboxylic acid groups (broad SMARTS) is 1. The van der Waals surface area contributed by atoms with Crippen molar-refractivity contribution < 1.29 is 29.0 Å². The Morgan fingerprint density at radius 1 is 1.16 bits per heavy atom. The molecular weight excluding hydrogens is 594 g/mol. The molecule has 0 aliphatic carbocycles. The number of carbonyl (C=O) groups excluding carboxylic acids is 3. The van der Waals surface area contributed by atoms with Crippen LogP contribution in [-0.2, 0) is 9.59 Å². The van der Waals surface area contributed by atoms with Crippen molar-refractivity contribution >= 4 is 52.5 Å². The van der Waals surface area contributed by atoms with Gasteiger partial charge >= 0.3 is 12.0 Å². The molecule has 1 fully saturated rings. The minimum absolute atomic E-state index is 0.119. The van der Waals surface area contributed by atoms with Gasteiger partial charge in [-0.25, -0.2) is 9.78 Å². The van der Waals surface area contributed by atoms with Gasteiger partial charge in [0.1, 0.15) is 41.2 Å². The van der Waals surface area contributed by atoms with E-state index in [-0.39, 0.29) is 29.6 Å². The van der Waals surface area contributed by atoms with E-state index in [2.05, 4.69) is 10.3 Å². The van der Waals surface area contributed by atoms with Crippen molar-refractivity contribution in [1.29, 1.82) is 0 Å². The van der Waals surface area contributed by atoms with E-state index in [9.17, 15) is 24.3 Å². The maximum absolute atomic E-state index is 14.4. The highest BCUT2D eigenvalue weighted by Gasteiger charge is 2.46. The number of ether oxygens (including phenoxy) is 1. The lowest BCUT2D eigenvalue weighted by Crippen LogP contribution is -2.55. The average molecular weight is 624 g/mol. The number of carbonyl (C=O) groups is 4. The summed E-state index contributed by atoms with van der Waals surface area (Å²) in [6, 6.07) is 10.1. The molecule has 0 radical (unpaired) electrons. The van der Waals surface area contributed by atoms with Crippen LogP contribution in [0, 0.1) is 0 Å². The number of urea groups is 1. The van der Waals surface area contributed by atoms with Crippen LogP contribution in [0.25, 0.3) is 0 Å². The molecule has 2 aliphatic rings. The van der Waals surface area contributed by atoms with Crippen molar-refractivity contribution in [3.8, 4) is 5.75 Å². The highest BCUT2D eigenvalue weighted by atomic mass is 35.5. The number of thiazole rings is 1. The molecule has 2 aliphatic heterocycles. The summed E-state index contributed by atoms with van der Waals surface area (Å²) in [6.45, 7) is 6.00. The quantitative estimate of drug-likeness (QED) is 0.286. The van der Waals surface area contributed by atoms with Crippen LogP contribution >= 0.6 is 22.9 Å². The highest BCUT2D eigenvalue weighted by molar-refractivity contribution is 7.09. The normalized spacial score (nSPS) is 18.7. The van der Waals surface area contributed by atoms with Crippen molar-refractivity contribution in [2.24, 2.45) is 4.99 Å². The summed E-state index contributed by atoms with van der Waals surface area (Å²) in [7, 11) is 0. The van der Waals surface area contributed by atoms with Gasteiger partial charge < -0.3 is 20.1 Å². The Kier molecular flexibility index (Phi) is 8.52. The Bertz CT molecular complexity index is 1590. The maximum Gasteiger partial charge on any atom is 0.326 e. The van der Waals surface area contributed by atoms with E-state index in [0.29, 0.717) is 28.7 Å². The fraction of sp³-hybridized carbons (Fsp3) is 0.333. The SMILES string of the molecule is CC(C)(C)Oc1cc(C(=O)CC(=O)O)ccc1C1=NC(c2nccs2)C(c2ccc(Cl)cc2)N1C(=O)N1CCNC(=O)C1. The lowest BCUT2D eigenvalue weighted by molar-refractivity contribution is -0.136. The number of Topliss-reactive ketones (excluding diaryl/α,β-unsaturated/α-hetero) is 1. The van der Waals surface area contributed by atoms with Crippen LogP contribution in [0.1, 0.15) is 65.8 Å². The molecule has 3 aromatic rings. The van der Waals surface area contributed by atoms with Gasteiger partial charge in [-0.1, -0.05) is 29.8 Å². The van der Waals surface area contributed by atoms with Gasteiger partial charge in [0, 0.05) is 35.3 Å². The number of halogens is 1. The van der Waals surface area contributed by atoms with Crippen molar-refractivity contribution in [2.45, 2.75) is 44.9 Å². The zero-order valence-corrected chi connectivity index (χ0v) is 25.3. The second-order valence-electron chi connectivity index (χ2n) is 11.1. The number of rotatable bonds is 7. The van der Waals surface area contributed by atoms with Crippen LogP contribution in [0.3, 0.4) is 0 Å². The van der Waals surface area contributed by atoms with Gasteiger partial charge in [-0.2, -0.15) is 0 Å². The van der Waals surface area contributed by atoms with E-state index in [0.717, 1.165) is 5.56 Å². The zero-order chi connectivity index (χ0) is 30.9. The van der Waals surface area contributed by atoms with Crippen molar-refractivity contribution in [2.75, 3.05) is 19.6 Å². The third-order valence-electron chi connectivity index (χ3n) is 6.77. The van der Waals surface area contributed by atoms with Crippen molar-refractivity contribution in [3.05, 3.63) is 80.8 Å². The third-order valence-corrected chi connectivity index (χ3v) is 7.87. The first-order chi connectivity index (χ1) is 20.4. The summed E-state index contributed by atoms with van der Waals surface area (Å²) in [4.78, 5) is 63.2. The van der Waals surface area contributed by atoms with Gasteiger partial charge in [0.25, 0.3) is 0 Å². The van der Waals surface area contributed by atoms with Crippen LogP contribution < -0.4 is 10.1 Å². The first-order valence-corrected chi connectivity index (χ1v) is 14.8. The van der Waals surface area contributed by atoms with Crippen LogP contribution in [0.15, 0.2) is 59.0 Å². The van der Waals surface area contributed by atoms with Gasteiger partial charge in [-0.3, -0.25) is 24.3 Å². The van der Waals surface area contributed by atoms with Gasteiger partial charge in [0.05, 0.1) is 11.6 Å². The number of hydrogen-bond donors (Lipinski definition) is 2. The lowest BCUT2D eigenvalue weighted by atomic mass is 9.99. The molecule has 0 saturated carbocycles. The molecule has 5 rings (SSSR count). The van der Waals surface area contributed by atoms with Crippen LogP contribution in [0.4, 0.5) is 4.79 Å². The Morgan fingerprint density at radius 3 is 2.53 bits per heavy atom. The average Bonchev–Trinajstić information content (AvgIpc) is 3.60. The number of aliphatic carboxylic acids is 1. The molecule has 0 spiro atoms. The largest absolute Gasteiger partial charge is 0.487 e. The predicted molar refractivity (Wildman–Crippen MR) is 161 cm³/mol. The van der Waals surface area contributed by atoms with Crippen LogP contribution in [0.5, 0.6) is 5.75 Å². The molecule has 11 nitrogen and oxygen atoms in total. The molecule has 224 valence electrons. The number of amides is 3. The van der Waals surface area contributed by atoms with E-state index < -0.39 is 41.9 Å². The molecule has 0 bridgehead atoms. The summed E-state index contributed by atoms with van der Waals surface area (Å²) in [5, 5.41) is 15.0. The van der Waals surface area contributed by atoms with Gasteiger partial charge in [0.15, 0.2) is 5.78 Å². The molecule has 2 N–H and O–H groups in total. The number of ketones is 1. The fourth-order valence-electron chi connectivity index (χ4n) is 5.00. The Balaban J connectivity index is 1.69. The highest BCUT2D eigenvalue weighted by Crippen LogP contribution is 2.46. The van der Waals surface area contributed by atoms with E-state index in [1.54, 1.807) is 29.3 Å². The van der Waals surface area contributed by atoms with Gasteiger partial charge in [0.2, 0.25) is 5.91 Å². The molecule has 3 amide bonds. The minimum atomic E-state index is -1.24. The summed E-state index contributed by atoms with van der Waals surface area (Å²) in [5.74, 6) is -1.57. The Hall–Kier alpha value is -4.29. The maximum atomic E-state index is 14.4. The number of carboxylic acids is 1. The summed E-state index contributed by atoms with van der Waals surface area (Å²) < 4.78 is 6.29. The number of nitrogens with zero attached hydrogens (tertiary/aromatic N) is 4. The summed E-state index contributed by atoms with van der Waals surface area (Å²) >= 11 is 7.62. The van der Waals surface area contributed by atoms with Crippen molar-refractivity contribution in [3.63, 3.8) is 0 Å². The molecule has 43 heavy (non-hydrogen) atoms. The summed E-state index contributed by atoms with van der Waals surface area (Å²) in [6.07, 6.45) is 0.992. The van der Waals surface area contributed by atoms with Gasteiger partial charge in [-0.15, -0.1) is 11.3 Å². The molecule has 2 unspecified atom stereocenters. The smallest absolute Gasteiger partial charge is 0.326 e. The number of nitrogens with one attached hydrogen (secondary N) is 1. The van der Waals surface area contributed by atoms with E-state index in [4.69, 9.17) is 21.3 Å². The van der Waals surface area contributed by atoms with E-state index in [1.165, 1.54) is 28.4 Å². The van der Waals surface area contributed by atoms with Crippen LogP contribution in [0.2, 0.25) is 5.02 Å². The number of benzene rings is 2. The second-order valence-corrected chi connectivity index (χ2v) is 12.5. The van der Waals surface area contributed by atoms with Gasteiger partial charge in [-0.05, 0) is 50.6 Å². The second kappa shape index (κ2) is 12.1. The summed E-state index contributed by atoms with van der Waals surface area (Å²) in [5.41, 5.74) is 0.617. The number of hydrogen-bond acceptors (Lipinski definition) is 8. The zero-order valence-electron chi connectivity index (χ0n) is 23.7. The third kappa shape index (κ3) is 6.70. The molecule has 13 heteroatoms. The molecular formula is C30H30ClN5O6S. The van der Waals surface area contributed by atoms with E-state index >= 15 is 0 Å². The first-order valence-electron chi connectivity index (χ1n) is 13.6. The van der Waals surface area contributed by atoms with E-state index in [1.807, 2.05) is 38.3 Å². The number of aliphatic imine (C=N–C) groups is 1. The number of piperazine rings is 1. The number of aromatic nitrogens is 1. The standard InChI is InChI=1S/C30H30ClN5O6S/c1-30(2,3)42-22-14-18(21(37)15-24(39)40)6-9-20(22)27-34-25(28-33-11-13-43-28)26(17-4-7-19(31)8-5-17)36(27)29(41)35-12-10-32-23(38)16-35/h4-9,11,13-14,25-26H,10,12,15-16H2,1-3H3,(H,32,38)(H,39,40). The molecule has 2 aromatic carbocycles. The molecule has 1 aromatic heterocycles. The Morgan fingerprint density at radius 2 is 1.91 bits per heavy atom. The van der Waals surface area contributed by atoms with Crippen LogP contribution in [-0.4, -0.2) is 74.7 Å². The molecule has 2 atom stereocenters. The first kappa shape index (κ1) is 30.2. The topological polar surface area (TPSA) is 142 Å². The Labute approximate surface area is 257 Å². The number of amidine groups is 1. The molecule has 3 heterocycles. The van der Waals surface area contributed by atoms with Crippen molar-refractivity contribution in [1.82, 2.24) is 20.1 Å². The lowest BCUT2D eigenvalue weighted by Gasteiger charge is -2.35. The monoisotopic (exact) mass is 623 g/mol. The predicted octanol–water partition coefficient (Wildman–Crippen LogP) is 4.73. The fourth-order valence-corrected chi connectivity index (χ4v) is 5.83. The minimum Gasteiger partial charge on any atom is -0.487 e. The molecule has 1 saturated heterocycles.